The van der Waals surface area contributed by atoms with Crippen molar-refractivity contribution in [3.63, 3.8) is 0 Å². The maximum absolute atomic E-state index is 10.9. The first-order valence-corrected chi connectivity index (χ1v) is 6.31. The minimum atomic E-state index is -0.475. The average molecular weight is 276 g/mol. The van der Waals surface area contributed by atoms with E-state index in [9.17, 15) is 10.1 Å². The van der Waals surface area contributed by atoms with Crippen molar-refractivity contribution in [3.8, 4) is 0 Å². The molecule has 0 aliphatic carbocycles. The minimum absolute atomic E-state index is 0.0693. The number of pyridine rings is 2. The molecule has 7 heteroatoms. The fourth-order valence-corrected chi connectivity index (χ4v) is 2.65. The lowest BCUT2D eigenvalue weighted by Gasteiger charge is -2.04. The molecule has 0 atom stereocenters. The van der Waals surface area contributed by atoms with Gasteiger partial charge in [-0.15, -0.1) is 0 Å². The van der Waals surface area contributed by atoms with E-state index in [2.05, 4.69) is 9.97 Å². The number of rotatable bonds is 3. The van der Waals surface area contributed by atoms with Crippen LogP contribution in [-0.2, 0) is 0 Å². The standard InChI is InChI=1S/C12H12N4O2S/c1-7-5-8(2)14-11(6-7)19-12-9(16(17)18)3-4-10(13)15-12/h3-6H,1-2H3,(H2,13,15). The molecule has 0 radical (unpaired) electrons. The Morgan fingerprint density at radius 1 is 1.26 bits per heavy atom. The molecule has 19 heavy (non-hydrogen) atoms. The highest BCUT2D eigenvalue weighted by Crippen LogP contribution is 2.33. The number of hydrogen-bond donors (Lipinski definition) is 1. The van der Waals surface area contributed by atoms with E-state index in [0.29, 0.717) is 5.03 Å². The molecule has 2 aromatic rings. The molecule has 0 aromatic carbocycles. The Bertz CT molecular complexity index is 625. The van der Waals surface area contributed by atoms with Crippen molar-refractivity contribution in [1.82, 2.24) is 9.97 Å². The summed E-state index contributed by atoms with van der Waals surface area (Å²) in [6.07, 6.45) is 0. The highest BCUT2D eigenvalue weighted by atomic mass is 32.2. The van der Waals surface area contributed by atoms with Crippen LogP contribution < -0.4 is 5.73 Å². The molecule has 0 aliphatic rings. The van der Waals surface area contributed by atoms with Gasteiger partial charge in [0.05, 0.1) is 4.92 Å². The molecule has 0 aliphatic heterocycles. The van der Waals surface area contributed by atoms with Gasteiger partial charge in [-0.3, -0.25) is 10.1 Å². The van der Waals surface area contributed by atoms with Crippen LogP contribution in [0, 0.1) is 24.0 Å². The second-order valence-electron chi connectivity index (χ2n) is 4.04. The molecule has 0 fully saturated rings. The van der Waals surface area contributed by atoms with E-state index >= 15 is 0 Å². The van der Waals surface area contributed by atoms with Gasteiger partial charge in [0.25, 0.3) is 0 Å². The second kappa shape index (κ2) is 5.23. The van der Waals surface area contributed by atoms with Crippen LogP contribution in [0.4, 0.5) is 11.5 Å². The van der Waals surface area contributed by atoms with Crippen molar-refractivity contribution >= 4 is 23.3 Å². The second-order valence-corrected chi connectivity index (χ2v) is 5.05. The van der Waals surface area contributed by atoms with E-state index in [1.54, 1.807) is 0 Å². The van der Waals surface area contributed by atoms with Crippen LogP contribution >= 0.6 is 11.8 Å². The Morgan fingerprint density at radius 2 is 2.00 bits per heavy atom. The van der Waals surface area contributed by atoms with Gasteiger partial charge in [-0.2, -0.15) is 0 Å². The predicted octanol–water partition coefficient (Wildman–Crippen LogP) is 2.74. The van der Waals surface area contributed by atoms with Crippen LogP contribution in [0.3, 0.4) is 0 Å². The van der Waals surface area contributed by atoms with Crippen LogP contribution in [0.5, 0.6) is 0 Å². The van der Waals surface area contributed by atoms with Crippen LogP contribution in [0.15, 0.2) is 34.3 Å². The molecule has 0 saturated carbocycles. The molecule has 0 spiro atoms. The molecule has 0 amide bonds. The lowest BCUT2D eigenvalue weighted by atomic mass is 10.3. The van der Waals surface area contributed by atoms with Gasteiger partial charge in [-0.05, 0) is 49.4 Å². The lowest BCUT2D eigenvalue weighted by molar-refractivity contribution is -0.388. The lowest BCUT2D eigenvalue weighted by Crippen LogP contribution is -1.97. The minimum Gasteiger partial charge on any atom is -0.384 e. The quantitative estimate of drug-likeness (QED) is 0.684. The van der Waals surface area contributed by atoms with E-state index in [1.165, 1.54) is 12.1 Å². The summed E-state index contributed by atoms with van der Waals surface area (Å²) in [5, 5.41) is 11.9. The van der Waals surface area contributed by atoms with Gasteiger partial charge in [-0.1, -0.05) is 0 Å². The molecule has 6 nitrogen and oxygen atoms in total. The zero-order valence-electron chi connectivity index (χ0n) is 10.5. The fourth-order valence-electron chi connectivity index (χ4n) is 1.62. The maximum Gasteiger partial charge on any atom is 0.301 e. The summed E-state index contributed by atoms with van der Waals surface area (Å²) in [5.74, 6) is 0.248. The summed E-state index contributed by atoms with van der Waals surface area (Å²) in [4.78, 5) is 18.8. The van der Waals surface area contributed by atoms with E-state index in [1.807, 2.05) is 26.0 Å². The molecule has 0 unspecified atom stereocenters. The number of anilines is 1. The SMILES string of the molecule is Cc1cc(C)nc(Sc2nc(N)ccc2[N+](=O)[O-])c1. The van der Waals surface area contributed by atoms with Crippen molar-refractivity contribution in [1.29, 1.82) is 0 Å². The molecule has 98 valence electrons. The number of hydrogen-bond acceptors (Lipinski definition) is 6. The first kappa shape index (κ1) is 13.3. The highest BCUT2D eigenvalue weighted by Gasteiger charge is 2.17. The van der Waals surface area contributed by atoms with Crippen LogP contribution in [0.25, 0.3) is 0 Å². The van der Waals surface area contributed by atoms with Crippen molar-refractivity contribution in [2.75, 3.05) is 5.73 Å². The Hall–Kier alpha value is -2.15. The number of nitrogen functional groups attached to an aromatic ring is 1. The third-order valence-corrected chi connectivity index (χ3v) is 3.25. The summed E-state index contributed by atoms with van der Waals surface area (Å²) >= 11 is 1.14. The molecular formula is C12H12N4O2S. The molecule has 2 N–H and O–H groups in total. The summed E-state index contributed by atoms with van der Waals surface area (Å²) < 4.78 is 0. The zero-order valence-corrected chi connectivity index (χ0v) is 11.3. The molecule has 2 heterocycles. The number of nitrogens with two attached hydrogens (primary N) is 1. The number of aryl methyl sites for hydroxylation is 2. The smallest absolute Gasteiger partial charge is 0.301 e. The van der Waals surface area contributed by atoms with E-state index in [4.69, 9.17) is 5.73 Å². The fraction of sp³-hybridized carbons (Fsp3) is 0.167. The van der Waals surface area contributed by atoms with Gasteiger partial charge >= 0.3 is 5.69 Å². The Balaban J connectivity index is 2.42. The zero-order chi connectivity index (χ0) is 14.0. The van der Waals surface area contributed by atoms with Gasteiger partial charge in [0.1, 0.15) is 10.8 Å². The third-order valence-electron chi connectivity index (χ3n) is 2.33. The first-order valence-electron chi connectivity index (χ1n) is 5.50. The monoisotopic (exact) mass is 276 g/mol. The predicted molar refractivity (Wildman–Crippen MR) is 73.1 cm³/mol. The van der Waals surface area contributed by atoms with Crippen molar-refractivity contribution in [2.24, 2.45) is 0 Å². The van der Waals surface area contributed by atoms with Crippen molar-refractivity contribution in [3.05, 3.63) is 45.6 Å². The number of nitrogens with zero attached hydrogens (tertiary/aromatic N) is 3. The van der Waals surface area contributed by atoms with E-state index < -0.39 is 4.92 Å². The Kier molecular flexibility index (Phi) is 3.66. The van der Waals surface area contributed by atoms with Gasteiger partial charge in [0, 0.05) is 11.8 Å². The van der Waals surface area contributed by atoms with Crippen LogP contribution in [0.1, 0.15) is 11.3 Å². The van der Waals surface area contributed by atoms with Crippen LogP contribution in [-0.4, -0.2) is 14.9 Å². The van der Waals surface area contributed by atoms with E-state index in [-0.39, 0.29) is 16.5 Å². The topological polar surface area (TPSA) is 94.9 Å². The third kappa shape index (κ3) is 3.19. The molecule has 0 saturated heterocycles. The highest BCUT2D eigenvalue weighted by molar-refractivity contribution is 7.99. The summed E-state index contributed by atoms with van der Waals surface area (Å²) in [7, 11) is 0. The van der Waals surface area contributed by atoms with Gasteiger partial charge in [0.15, 0.2) is 5.03 Å². The maximum atomic E-state index is 10.9. The largest absolute Gasteiger partial charge is 0.384 e. The van der Waals surface area contributed by atoms with Crippen LogP contribution in [0.2, 0.25) is 0 Å². The Morgan fingerprint density at radius 3 is 2.63 bits per heavy atom. The van der Waals surface area contributed by atoms with Gasteiger partial charge in [0.2, 0.25) is 0 Å². The van der Waals surface area contributed by atoms with Gasteiger partial charge in [-0.25, -0.2) is 9.97 Å². The summed E-state index contributed by atoms with van der Waals surface area (Å²) in [6.45, 7) is 3.82. The van der Waals surface area contributed by atoms with Crippen molar-refractivity contribution < 1.29 is 4.92 Å². The number of aromatic nitrogens is 2. The van der Waals surface area contributed by atoms with Gasteiger partial charge < -0.3 is 5.73 Å². The Labute approximate surface area is 114 Å². The first-order chi connectivity index (χ1) is 8.95. The van der Waals surface area contributed by atoms with E-state index in [0.717, 1.165) is 23.0 Å². The average Bonchev–Trinajstić information content (AvgIpc) is 2.26. The molecular weight excluding hydrogens is 264 g/mol. The molecule has 2 aromatic heterocycles. The summed E-state index contributed by atoms with van der Waals surface area (Å²) in [6, 6.07) is 6.56. The number of nitro groups is 1. The molecule has 2 rings (SSSR count). The normalized spacial score (nSPS) is 10.4. The molecule has 0 bridgehead atoms. The van der Waals surface area contributed by atoms with Crippen molar-refractivity contribution in [2.45, 2.75) is 23.9 Å². The summed E-state index contributed by atoms with van der Waals surface area (Å²) in [5.41, 5.74) is 7.40.